The monoisotopic (exact) mass is 431 g/mol. The van der Waals surface area contributed by atoms with Crippen molar-refractivity contribution in [2.75, 3.05) is 52.3 Å². The Morgan fingerprint density at radius 1 is 1.10 bits per heavy atom. The van der Waals surface area contributed by atoms with Crippen molar-refractivity contribution in [2.45, 2.75) is 18.2 Å². The summed E-state index contributed by atoms with van der Waals surface area (Å²) in [4.78, 5) is 15.0. The van der Waals surface area contributed by atoms with Crippen LogP contribution in [0.25, 0.3) is 0 Å². The highest BCUT2D eigenvalue weighted by atomic mass is 32.2. The van der Waals surface area contributed by atoms with E-state index in [1.54, 1.807) is 19.1 Å². The molecule has 0 aromatic heterocycles. The molecule has 0 saturated carbocycles. The van der Waals surface area contributed by atoms with Gasteiger partial charge in [-0.05, 0) is 62.8 Å². The van der Waals surface area contributed by atoms with E-state index in [9.17, 15) is 13.2 Å². The van der Waals surface area contributed by atoms with E-state index in [-0.39, 0.29) is 10.8 Å². The fourth-order valence-corrected chi connectivity index (χ4v) is 4.91. The van der Waals surface area contributed by atoms with Crippen molar-refractivity contribution >= 4 is 21.6 Å². The molecule has 1 N–H and O–H groups in total. The van der Waals surface area contributed by atoms with Crippen LogP contribution in [0.1, 0.15) is 21.5 Å². The molecule has 0 atom stereocenters. The lowest BCUT2D eigenvalue weighted by Crippen LogP contribution is -2.40. The Morgan fingerprint density at radius 2 is 1.77 bits per heavy atom. The summed E-state index contributed by atoms with van der Waals surface area (Å²) in [6, 6.07) is 12.5. The van der Waals surface area contributed by atoms with Crippen LogP contribution in [0.15, 0.2) is 47.4 Å². The fraction of sp³-hybridized carbons (Fsp3) is 0.409. The smallest absolute Gasteiger partial charge is 0.255 e. The summed E-state index contributed by atoms with van der Waals surface area (Å²) in [6.45, 7) is 4.08. The van der Waals surface area contributed by atoms with E-state index in [4.69, 9.17) is 4.74 Å². The highest BCUT2D eigenvalue weighted by molar-refractivity contribution is 7.89. The molecule has 3 rings (SSSR count). The third-order valence-electron chi connectivity index (χ3n) is 5.10. The Bertz CT molecular complexity index is 982. The second-order valence-corrected chi connectivity index (χ2v) is 9.61. The van der Waals surface area contributed by atoms with Gasteiger partial charge in [0.25, 0.3) is 5.91 Å². The molecule has 30 heavy (non-hydrogen) atoms. The van der Waals surface area contributed by atoms with Gasteiger partial charge in [-0.25, -0.2) is 8.42 Å². The van der Waals surface area contributed by atoms with Gasteiger partial charge in [0.2, 0.25) is 10.0 Å². The number of nitrogens with zero attached hydrogens (tertiary/aromatic N) is 2. The summed E-state index contributed by atoms with van der Waals surface area (Å²) >= 11 is 0. The number of hydrogen-bond donors (Lipinski definition) is 1. The molecule has 2 aromatic rings. The lowest BCUT2D eigenvalue weighted by Gasteiger charge is -2.26. The fourth-order valence-electron chi connectivity index (χ4n) is 3.26. The molecule has 0 spiro atoms. The van der Waals surface area contributed by atoms with Gasteiger partial charge in [0, 0.05) is 30.9 Å². The molecule has 1 aliphatic rings. The SMILES string of the molecule is Cc1ccc(C(=O)Nc2ccc(CCN(C)C)cc2)cc1S(=O)(=O)N1CCOCC1. The van der Waals surface area contributed by atoms with E-state index in [1.807, 2.05) is 38.4 Å². The van der Waals surface area contributed by atoms with Crippen molar-refractivity contribution in [3.63, 3.8) is 0 Å². The maximum atomic E-state index is 13.0. The van der Waals surface area contributed by atoms with E-state index in [1.165, 1.54) is 15.9 Å². The molecule has 0 unspecified atom stereocenters. The van der Waals surface area contributed by atoms with Gasteiger partial charge in [-0.3, -0.25) is 4.79 Å². The molecule has 2 aromatic carbocycles. The largest absolute Gasteiger partial charge is 0.379 e. The molecule has 1 heterocycles. The number of anilines is 1. The van der Waals surface area contributed by atoms with Crippen LogP contribution < -0.4 is 5.32 Å². The molecule has 7 nitrogen and oxygen atoms in total. The molecule has 1 aliphatic heterocycles. The van der Waals surface area contributed by atoms with Crippen molar-refractivity contribution in [3.8, 4) is 0 Å². The molecule has 162 valence electrons. The predicted molar refractivity (Wildman–Crippen MR) is 117 cm³/mol. The Morgan fingerprint density at radius 3 is 2.40 bits per heavy atom. The van der Waals surface area contributed by atoms with Gasteiger partial charge < -0.3 is 15.0 Å². The number of hydrogen-bond acceptors (Lipinski definition) is 5. The molecule has 1 fully saturated rings. The van der Waals surface area contributed by atoms with Crippen molar-refractivity contribution in [2.24, 2.45) is 0 Å². The number of aryl methyl sites for hydroxylation is 1. The number of likely N-dealkylation sites (N-methyl/N-ethyl adjacent to an activating group) is 1. The highest BCUT2D eigenvalue weighted by Gasteiger charge is 2.28. The van der Waals surface area contributed by atoms with Gasteiger partial charge in [-0.1, -0.05) is 18.2 Å². The highest BCUT2D eigenvalue weighted by Crippen LogP contribution is 2.23. The number of amides is 1. The standard InChI is InChI=1S/C22H29N3O4S/c1-17-4-7-19(16-21(17)30(27,28)25-12-14-29-15-13-25)22(26)23-20-8-5-18(6-9-20)10-11-24(2)3/h4-9,16H,10-15H2,1-3H3,(H,23,26). The summed E-state index contributed by atoms with van der Waals surface area (Å²) in [5.41, 5.74) is 2.79. The van der Waals surface area contributed by atoms with E-state index < -0.39 is 10.0 Å². The zero-order chi connectivity index (χ0) is 21.7. The number of sulfonamides is 1. The minimum absolute atomic E-state index is 0.163. The maximum Gasteiger partial charge on any atom is 0.255 e. The normalized spacial score (nSPS) is 15.3. The number of rotatable bonds is 7. The van der Waals surface area contributed by atoms with E-state index in [0.29, 0.717) is 43.1 Å². The Balaban J connectivity index is 1.74. The van der Waals surface area contributed by atoms with Gasteiger partial charge in [0.15, 0.2) is 0 Å². The minimum atomic E-state index is -3.67. The quantitative estimate of drug-likeness (QED) is 0.728. The number of nitrogens with one attached hydrogen (secondary N) is 1. The minimum Gasteiger partial charge on any atom is -0.379 e. The first-order chi connectivity index (χ1) is 14.3. The third kappa shape index (κ3) is 5.46. The summed E-state index contributed by atoms with van der Waals surface area (Å²) in [7, 11) is 0.392. The second kappa shape index (κ2) is 9.70. The van der Waals surface area contributed by atoms with Crippen LogP contribution in [-0.4, -0.2) is 70.5 Å². The van der Waals surface area contributed by atoms with Gasteiger partial charge in [-0.2, -0.15) is 4.31 Å². The van der Waals surface area contributed by atoms with Crippen LogP contribution in [0, 0.1) is 6.92 Å². The predicted octanol–water partition coefficient (Wildman–Crippen LogP) is 2.37. The van der Waals surface area contributed by atoms with E-state index in [2.05, 4.69) is 10.2 Å². The number of carbonyl (C=O) groups is 1. The maximum absolute atomic E-state index is 13.0. The molecule has 0 radical (unpaired) electrons. The molecular weight excluding hydrogens is 402 g/mol. The number of ether oxygens (including phenoxy) is 1. The summed E-state index contributed by atoms with van der Waals surface area (Å²) < 4.78 is 32.7. The third-order valence-corrected chi connectivity index (χ3v) is 7.14. The first kappa shape index (κ1) is 22.4. The first-order valence-corrected chi connectivity index (χ1v) is 11.4. The second-order valence-electron chi connectivity index (χ2n) is 7.70. The Hall–Kier alpha value is -2.26. The summed E-state index contributed by atoms with van der Waals surface area (Å²) in [5, 5.41) is 2.85. The van der Waals surface area contributed by atoms with Crippen LogP contribution in [0.5, 0.6) is 0 Å². The van der Waals surface area contributed by atoms with Crippen molar-refractivity contribution in [3.05, 3.63) is 59.2 Å². The molecule has 1 saturated heterocycles. The van der Waals surface area contributed by atoms with Crippen molar-refractivity contribution < 1.29 is 17.9 Å². The lowest BCUT2D eigenvalue weighted by atomic mass is 10.1. The van der Waals surface area contributed by atoms with Crippen LogP contribution >= 0.6 is 0 Å². The van der Waals surface area contributed by atoms with Gasteiger partial charge in [0.05, 0.1) is 18.1 Å². The Labute approximate surface area is 178 Å². The van der Waals surface area contributed by atoms with Gasteiger partial charge >= 0.3 is 0 Å². The summed E-state index contributed by atoms with van der Waals surface area (Å²) in [5.74, 6) is -0.338. The zero-order valence-corrected chi connectivity index (χ0v) is 18.5. The average Bonchev–Trinajstić information content (AvgIpc) is 2.74. The van der Waals surface area contributed by atoms with Crippen molar-refractivity contribution in [1.82, 2.24) is 9.21 Å². The molecule has 0 aliphatic carbocycles. The van der Waals surface area contributed by atoms with Crippen molar-refractivity contribution in [1.29, 1.82) is 0 Å². The van der Waals surface area contributed by atoms with Crippen LogP contribution in [0.2, 0.25) is 0 Å². The van der Waals surface area contributed by atoms with Crippen LogP contribution in [0.4, 0.5) is 5.69 Å². The topological polar surface area (TPSA) is 79.0 Å². The lowest BCUT2D eigenvalue weighted by molar-refractivity contribution is 0.0730. The number of benzene rings is 2. The van der Waals surface area contributed by atoms with Crippen LogP contribution in [0.3, 0.4) is 0 Å². The zero-order valence-electron chi connectivity index (χ0n) is 17.7. The average molecular weight is 432 g/mol. The van der Waals surface area contributed by atoms with Crippen LogP contribution in [-0.2, 0) is 21.2 Å². The number of carbonyl (C=O) groups excluding carboxylic acids is 1. The molecule has 1 amide bonds. The van der Waals surface area contributed by atoms with E-state index >= 15 is 0 Å². The Kier molecular flexibility index (Phi) is 7.25. The van der Waals surface area contributed by atoms with Gasteiger partial charge in [0.1, 0.15) is 0 Å². The summed E-state index contributed by atoms with van der Waals surface area (Å²) in [6.07, 6.45) is 0.932. The van der Waals surface area contributed by atoms with E-state index in [0.717, 1.165) is 13.0 Å². The van der Waals surface area contributed by atoms with Gasteiger partial charge in [-0.15, -0.1) is 0 Å². The molecule has 0 bridgehead atoms. The molecule has 8 heteroatoms. The number of morpholine rings is 1. The molecular formula is C22H29N3O4S. The first-order valence-electron chi connectivity index (χ1n) is 10.0.